The van der Waals surface area contributed by atoms with E-state index in [2.05, 4.69) is 25.9 Å². The molecule has 5 heteroatoms. The molecule has 0 bridgehead atoms. The van der Waals surface area contributed by atoms with Crippen LogP contribution in [0.3, 0.4) is 0 Å². The molecule has 92 valence electrons. The smallest absolute Gasteiger partial charge is 0.168 e. The molecule has 4 nitrogen and oxygen atoms in total. The molecule has 1 aromatic heterocycles. The maximum atomic E-state index is 5.72. The van der Waals surface area contributed by atoms with Crippen LogP contribution < -0.4 is 0 Å². The minimum Gasteiger partial charge on any atom is -0.348 e. The Bertz CT molecular complexity index is 397. The molecule has 0 N–H and O–H groups in total. The van der Waals surface area contributed by atoms with Crippen LogP contribution in [0.2, 0.25) is 0 Å². The molecule has 1 aromatic rings. The van der Waals surface area contributed by atoms with Crippen LogP contribution in [-0.4, -0.2) is 29.0 Å². The van der Waals surface area contributed by atoms with Crippen molar-refractivity contribution in [1.82, 2.24) is 9.97 Å². The van der Waals surface area contributed by atoms with E-state index in [1.54, 1.807) is 6.20 Å². The van der Waals surface area contributed by atoms with Gasteiger partial charge in [-0.05, 0) is 28.8 Å². The molecule has 0 atom stereocenters. The van der Waals surface area contributed by atoms with Crippen molar-refractivity contribution >= 4 is 15.9 Å². The topological polar surface area (TPSA) is 44.2 Å². The highest BCUT2D eigenvalue weighted by Gasteiger charge is 2.40. The average molecular weight is 299 g/mol. The molecule has 2 heterocycles. The Balaban J connectivity index is 1.68. The highest BCUT2D eigenvalue weighted by molar-refractivity contribution is 9.10. The van der Waals surface area contributed by atoms with Crippen molar-refractivity contribution in [2.75, 3.05) is 13.2 Å². The van der Waals surface area contributed by atoms with Gasteiger partial charge in [0.05, 0.1) is 25.1 Å². The molecular formula is C12H15BrN2O2. The van der Waals surface area contributed by atoms with Crippen molar-refractivity contribution in [2.24, 2.45) is 0 Å². The summed E-state index contributed by atoms with van der Waals surface area (Å²) in [6.07, 6.45) is 7.63. The third-order valence-corrected chi connectivity index (χ3v) is 3.99. The Labute approximate surface area is 109 Å². The van der Waals surface area contributed by atoms with Crippen LogP contribution in [0.15, 0.2) is 17.0 Å². The second kappa shape index (κ2) is 4.63. The molecule has 0 radical (unpaired) electrons. The first-order chi connectivity index (χ1) is 8.27. The van der Waals surface area contributed by atoms with Crippen molar-refractivity contribution in [1.29, 1.82) is 0 Å². The highest BCUT2D eigenvalue weighted by atomic mass is 79.9. The maximum Gasteiger partial charge on any atom is 0.168 e. The van der Waals surface area contributed by atoms with Crippen molar-refractivity contribution in [2.45, 2.75) is 37.4 Å². The van der Waals surface area contributed by atoms with E-state index in [1.807, 2.05) is 6.20 Å². The van der Waals surface area contributed by atoms with Gasteiger partial charge in [-0.25, -0.2) is 4.98 Å². The zero-order chi connectivity index (χ0) is 11.7. The molecule has 2 aliphatic rings. The SMILES string of the molecule is Brc1cncc(C2CCC3(CC2)OCCO3)n1. The van der Waals surface area contributed by atoms with E-state index < -0.39 is 0 Å². The maximum absolute atomic E-state index is 5.72. The number of aromatic nitrogens is 2. The molecule has 0 unspecified atom stereocenters. The van der Waals surface area contributed by atoms with Crippen molar-refractivity contribution in [3.63, 3.8) is 0 Å². The molecule has 3 rings (SSSR count). The number of halogens is 1. The van der Waals surface area contributed by atoms with Gasteiger partial charge in [-0.1, -0.05) is 0 Å². The number of ether oxygens (including phenoxy) is 2. The zero-order valence-electron chi connectivity index (χ0n) is 9.56. The molecule has 0 aromatic carbocycles. The second-order valence-corrected chi connectivity index (χ2v) is 5.46. The summed E-state index contributed by atoms with van der Waals surface area (Å²) < 4.78 is 12.3. The molecule has 1 saturated carbocycles. The molecule has 1 aliphatic carbocycles. The summed E-state index contributed by atoms with van der Waals surface area (Å²) in [5, 5.41) is 0. The minimum atomic E-state index is -0.282. The molecule has 17 heavy (non-hydrogen) atoms. The fourth-order valence-corrected chi connectivity index (χ4v) is 3.01. The number of nitrogens with zero attached hydrogens (tertiary/aromatic N) is 2. The number of rotatable bonds is 1. The summed E-state index contributed by atoms with van der Waals surface area (Å²) in [6.45, 7) is 1.47. The van der Waals surface area contributed by atoms with Gasteiger partial charge >= 0.3 is 0 Å². The van der Waals surface area contributed by atoms with Crippen molar-refractivity contribution < 1.29 is 9.47 Å². The van der Waals surface area contributed by atoms with Crippen LogP contribution in [0.4, 0.5) is 0 Å². The van der Waals surface area contributed by atoms with Gasteiger partial charge in [0, 0.05) is 25.0 Å². The van der Waals surface area contributed by atoms with Crippen LogP contribution >= 0.6 is 15.9 Å². The lowest BCUT2D eigenvalue weighted by Gasteiger charge is -2.35. The van der Waals surface area contributed by atoms with Crippen LogP contribution in [-0.2, 0) is 9.47 Å². The third kappa shape index (κ3) is 2.37. The van der Waals surface area contributed by atoms with Crippen LogP contribution in [0, 0.1) is 0 Å². The van der Waals surface area contributed by atoms with Gasteiger partial charge in [0.2, 0.25) is 0 Å². The largest absolute Gasteiger partial charge is 0.348 e. The predicted molar refractivity (Wildman–Crippen MR) is 65.6 cm³/mol. The van der Waals surface area contributed by atoms with E-state index in [0.717, 1.165) is 49.2 Å². The summed E-state index contributed by atoms with van der Waals surface area (Å²) in [5.41, 5.74) is 1.08. The molecule has 1 aliphatic heterocycles. The lowest BCUT2D eigenvalue weighted by Crippen LogP contribution is -2.34. The lowest BCUT2D eigenvalue weighted by molar-refractivity contribution is -0.178. The zero-order valence-corrected chi connectivity index (χ0v) is 11.1. The Morgan fingerprint density at radius 2 is 1.88 bits per heavy atom. The van der Waals surface area contributed by atoms with Crippen LogP contribution in [0.1, 0.15) is 37.3 Å². The monoisotopic (exact) mass is 298 g/mol. The van der Waals surface area contributed by atoms with Gasteiger partial charge in [0.1, 0.15) is 4.60 Å². The standard InChI is InChI=1S/C12H15BrN2O2/c13-11-8-14-7-10(15-11)9-1-3-12(4-2-9)16-5-6-17-12/h7-9H,1-6H2. The summed E-state index contributed by atoms with van der Waals surface area (Å²) in [5.74, 6) is 0.203. The van der Waals surface area contributed by atoms with E-state index in [9.17, 15) is 0 Å². The first-order valence-corrected chi connectivity index (χ1v) is 6.82. The molecule has 1 spiro atoms. The summed E-state index contributed by atoms with van der Waals surface area (Å²) in [6, 6.07) is 0. The second-order valence-electron chi connectivity index (χ2n) is 4.65. The lowest BCUT2D eigenvalue weighted by atomic mass is 9.83. The van der Waals surface area contributed by atoms with Crippen LogP contribution in [0.5, 0.6) is 0 Å². The van der Waals surface area contributed by atoms with Crippen LogP contribution in [0.25, 0.3) is 0 Å². The fraction of sp³-hybridized carbons (Fsp3) is 0.667. The summed E-state index contributed by atoms with van der Waals surface area (Å²) in [7, 11) is 0. The quantitative estimate of drug-likeness (QED) is 0.799. The Kier molecular flexibility index (Phi) is 3.15. The predicted octanol–water partition coefficient (Wildman–Crippen LogP) is 2.64. The van der Waals surface area contributed by atoms with E-state index >= 15 is 0 Å². The normalized spacial score (nSPS) is 24.3. The highest BCUT2D eigenvalue weighted by Crippen LogP contribution is 2.41. The van der Waals surface area contributed by atoms with E-state index in [1.165, 1.54) is 0 Å². The molecule has 1 saturated heterocycles. The van der Waals surface area contributed by atoms with Gasteiger partial charge in [-0.2, -0.15) is 0 Å². The fourth-order valence-electron chi connectivity index (χ4n) is 2.69. The molecule has 0 amide bonds. The number of hydrogen-bond acceptors (Lipinski definition) is 4. The average Bonchev–Trinajstić information content (AvgIpc) is 2.79. The van der Waals surface area contributed by atoms with Gasteiger partial charge in [0.15, 0.2) is 5.79 Å². The number of hydrogen-bond donors (Lipinski definition) is 0. The minimum absolute atomic E-state index is 0.282. The van der Waals surface area contributed by atoms with Crippen molar-refractivity contribution in [3.05, 3.63) is 22.7 Å². The van der Waals surface area contributed by atoms with Gasteiger partial charge in [0.25, 0.3) is 0 Å². The third-order valence-electron chi connectivity index (χ3n) is 3.60. The van der Waals surface area contributed by atoms with E-state index in [4.69, 9.17) is 9.47 Å². The Morgan fingerprint density at radius 1 is 1.18 bits per heavy atom. The Hall–Kier alpha value is -0.520. The van der Waals surface area contributed by atoms with Gasteiger partial charge in [-0.3, -0.25) is 4.98 Å². The molecule has 2 fully saturated rings. The van der Waals surface area contributed by atoms with E-state index in [0.29, 0.717) is 5.92 Å². The first kappa shape index (κ1) is 11.6. The van der Waals surface area contributed by atoms with Gasteiger partial charge in [-0.15, -0.1) is 0 Å². The van der Waals surface area contributed by atoms with Gasteiger partial charge < -0.3 is 9.47 Å². The summed E-state index contributed by atoms with van der Waals surface area (Å²) >= 11 is 3.37. The van der Waals surface area contributed by atoms with Crippen molar-refractivity contribution in [3.8, 4) is 0 Å². The Morgan fingerprint density at radius 3 is 2.53 bits per heavy atom. The first-order valence-electron chi connectivity index (χ1n) is 6.03. The molecular weight excluding hydrogens is 284 g/mol. The summed E-state index contributed by atoms with van der Waals surface area (Å²) in [4.78, 5) is 8.66. The van der Waals surface area contributed by atoms with E-state index in [-0.39, 0.29) is 5.79 Å².